The fourth-order valence-electron chi connectivity index (χ4n) is 1.48. The maximum atomic E-state index is 4.28. The van der Waals surface area contributed by atoms with Crippen molar-refractivity contribution in [1.29, 1.82) is 0 Å². The lowest BCUT2D eigenvalue weighted by Crippen LogP contribution is -2.00. The minimum absolute atomic E-state index is 0.910. The standard InChI is InChI=1S/C12H14N2/c1-10-11(2)14(9-13-10)8-12-6-4-3-5-7-12/h3-7,9H,8H2,1-2H3. The van der Waals surface area contributed by atoms with Gasteiger partial charge in [0, 0.05) is 12.2 Å². The first-order chi connectivity index (χ1) is 6.77. The van der Waals surface area contributed by atoms with Crippen LogP contribution < -0.4 is 0 Å². The monoisotopic (exact) mass is 186 g/mol. The average molecular weight is 186 g/mol. The van der Waals surface area contributed by atoms with Gasteiger partial charge in [-0.1, -0.05) is 30.3 Å². The van der Waals surface area contributed by atoms with Crippen molar-refractivity contribution >= 4 is 0 Å². The number of benzene rings is 1. The maximum Gasteiger partial charge on any atom is 0.0954 e. The Morgan fingerprint density at radius 1 is 1.14 bits per heavy atom. The molecule has 0 fully saturated rings. The predicted molar refractivity (Wildman–Crippen MR) is 57.2 cm³/mol. The summed E-state index contributed by atoms with van der Waals surface area (Å²) in [4.78, 5) is 4.28. The van der Waals surface area contributed by atoms with Crippen molar-refractivity contribution in [2.45, 2.75) is 20.4 Å². The van der Waals surface area contributed by atoms with Crippen molar-refractivity contribution in [3.05, 3.63) is 53.6 Å². The fraction of sp³-hybridized carbons (Fsp3) is 0.250. The summed E-state index contributed by atoms with van der Waals surface area (Å²) in [5.41, 5.74) is 3.67. The molecule has 0 unspecified atom stereocenters. The molecule has 2 aromatic rings. The van der Waals surface area contributed by atoms with Crippen molar-refractivity contribution in [1.82, 2.24) is 9.55 Å². The molecule has 0 N–H and O–H groups in total. The lowest BCUT2D eigenvalue weighted by Gasteiger charge is -2.04. The molecule has 0 amide bonds. The van der Waals surface area contributed by atoms with E-state index in [1.807, 2.05) is 19.3 Å². The van der Waals surface area contributed by atoms with Crippen LogP contribution in [0.1, 0.15) is 17.0 Å². The summed E-state index contributed by atoms with van der Waals surface area (Å²) in [6.45, 7) is 5.05. The summed E-state index contributed by atoms with van der Waals surface area (Å²) >= 11 is 0. The van der Waals surface area contributed by atoms with E-state index in [-0.39, 0.29) is 0 Å². The number of imidazole rings is 1. The van der Waals surface area contributed by atoms with Crippen LogP contribution in [0.3, 0.4) is 0 Å². The molecule has 2 nitrogen and oxygen atoms in total. The molecular formula is C12H14N2. The second-order valence-corrected chi connectivity index (χ2v) is 3.53. The fourth-order valence-corrected chi connectivity index (χ4v) is 1.48. The highest BCUT2D eigenvalue weighted by molar-refractivity contribution is 5.17. The van der Waals surface area contributed by atoms with Crippen molar-refractivity contribution in [3.8, 4) is 0 Å². The molecule has 72 valence electrons. The number of rotatable bonds is 2. The molecule has 1 heterocycles. The Morgan fingerprint density at radius 3 is 2.43 bits per heavy atom. The van der Waals surface area contributed by atoms with Gasteiger partial charge in [-0.3, -0.25) is 0 Å². The van der Waals surface area contributed by atoms with E-state index in [4.69, 9.17) is 0 Å². The molecule has 0 bridgehead atoms. The largest absolute Gasteiger partial charge is 0.330 e. The maximum absolute atomic E-state index is 4.28. The number of hydrogen-bond acceptors (Lipinski definition) is 1. The Labute approximate surface area is 84.2 Å². The Bertz CT molecular complexity index is 415. The Hall–Kier alpha value is -1.57. The first-order valence-corrected chi connectivity index (χ1v) is 4.79. The SMILES string of the molecule is Cc1ncn(Cc2ccccc2)c1C. The predicted octanol–water partition coefficient (Wildman–Crippen LogP) is 2.55. The van der Waals surface area contributed by atoms with E-state index in [1.54, 1.807) is 0 Å². The molecule has 0 aliphatic rings. The number of aromatic nitrogens is 2. The normalized spacial score (nSPS) is 10.4. The third-order valence-electron chi connectivity index (χ3n) is 2.54. The molecule has 0 saturated carbocycles. The summed E-state index contributed by atoms with van der Waals surface area (Å²) in [5, 5.41) is 0. The van der Waals surface area contributed by atoms with Crippen molar-refractivity contribution in [2.24, 2.45) is 0 Å². The molecule has 14 heavy (non-hydrogen) atoms. The van der Waals surface area contributed by atoms with Gasteiger partial charge in [-0.25, -0.2) is 4.98 Å². The van der Waals surface area contributed by atoms with Crippen LogP contribution in [0.25, 0.3) is 0 Å². The van der Waals surface area contributed by atoms with Gasteiger partial charge in [0.15, 0.2) is 0 Å². The van der Waals surface area contributed by atoms with E-state index in [1.165, 1.54) is 11.3 Å². The second-order valence-electron chi connectivity index (χ2n) is 3.53. The van der Waals surface area contributed by atoms with Crippen LogP contribution in [0.15, 0.2) is 36.7 Å². The Balaban J connectivity index is 2.23. The molecule has 2 rings (SSSR count). The summed E-state index contributed by atoms with van der Waals surface area (Å²) in [6.07, 6.45) is 1.90. The van der Waals surface area contributed by atoms with Crippen LogP contribution >= 0.6 is 0 Å². The smallest absolute Gasteiger partial charge is 0.0954 e. The highest BCUT2D eigenvalue weighted by Crippen LogP contribution is 2.08. The van der Waals surface area contributed by atoms with E-state index in [2.05, 4.69) is 40.7 Å². The van der Waals surface area contributed by atoms with Gasteiger partial charge in [0.1, 0.15) is 0 Å². The van der Waals surface area contributed by atoms with Gasteiger partial charge in [0.25, 0.3) is 0 Å². The molecule has 1 aromatic heterocycles. The van der Waals surface area contributed by atoms with Crippen molar-refractivity contribution in [3.63, 3.8) is 0 Å². The van der Waals surface area contributed by atoms with Crippen LogP contribution in [0.4, 0.5) is 0 Å². The first-order valence-electron chi connectivity index (χ1n) is 4.79. The number of nitrogens with zero attached hydrogens (tertiary/aromatic N) is 2. The van der Waals surface area contributed by atoms with E-state index in [9.17, 15) is 0 Å². The minimum atomic E-state index is 0.910. The highest BCUT2D eigenvalue weighted by Gasteiger charge is 2.01. The third-order valence-corrected chi connectivity index (χ3v) is 2.54. The molecule has 0 spiro atoms. The van der Waals surface area contributed by atoms with Gasteiger partial charge >= 0.3 is 0 Å². The minimum Gasteiger partial charge on any atom is -0.330 e. The summed E-state index contributed by atoms with van der Waals surface area (Å²) in [6, 6.07) is 10.4. The first kappa shape index (κ1) is 9.00. The van der Waals surface area contributed by atoms with Crippen molar-refractivity contribution < 1.29 is 0 Å². The van der Waals surface area contributed by atoms with Gasteiger partial charge in [-0.15, -0.1) is 0 Å². The molecule has 0 radical (unpaired) electrons. The third kappa shape index (κ3) is 1.69. The summed E-state index contributed by atoms with van der Waals surface area (Å²) in [5.74, 6) is 0. The van der Waals surface area contributed by atoms with E-state index in [0.717, 1.165) is 12.2 Å². The van der Waals surface area contributed by atoms with Gasteiger partial charge in [0.05, 0.1) is 12.0 Å². The van der Waals surface area contributed by atoms with Crippen LogP contribution in [0.5, 0.6) is 0 Å². The van der Waals surface area contributed by atoms with E-state index >= 15 is 0 Å². The molecular weight excluding hydrogens is 172 g/mol. The lowest BCUT2D eigenvalue weighted by molar-refractivity contribution is 0.769. The molecule has 0 atom stereocenters. The van der Waals surface area contributed by atoms with Gasteiger partial charge < -0.3 is 4.57 Å². The zero-order valence-electron chi connectivity index (χ0n) is 8.57. The van der Waals surface area contributed by atoms with Crippen LogP contribution in [-0.2, 0) is 6.54 Å². The van der Waals surface area contributed by atoms with Crippen LogP contribution in [0.2, 0.25) is 0 Å². The molecule has 1 aromatic carbocycles. The van der Waals surface area contributed by atoms with Gasteiger partial charge in [-0.2, -0.15) is 0 Å². The Morgan fingerprint density at radius 2 is 1.86 bits per heavy atom. The van der Waals surface area contributed by atoms with E-state index in [0.29, 0.717) is 0 Å². The van der Waals surface area contributed by atoms with Gasteiger partial charge in [-0.05, 0) is 19.4 Å². The molecule has 0 saturated heterocycles. The average Bonchev–Trinajstić information content (AvgIpc) is 2.52. The lowest BCUT2D eigenvalue weighted by atomic mass is 10.2. The highest BCUT2D eigenvalue weighted by atomic mass is 15.0. The molecule has 2 heteroatoms. The summed E-state index contributed by atoms with van der Waals surface area (Å²) in [7, 11) is 0. The second kappa shape index (κ2) is 3.66. The van der Waals surface area contributed by atoms with E-state index < -0.39 is 0 Å². The number of aryl methyl sites for hydroxylation is 1. The number of hydrogen-bond donors (Lipinski definition) is 0. The topological polar surface area (TPSA) is 17.8 Å². The van der Waals surface area contributed by atoms with Gasteiger partial charge in [0.2, 0.25) is 0 Å². The van der Waals surface area contributed by atoms with Crippen LogP contribution in [-0.4, -0.2) is 9.55 Å². The quantitative estimate of drug-likeness (QED) is 0.704. The summed E-state index contributed by atoms with van der Waals surface area (Å²) < 4.78 is 2.17. The Kier molecular flexibility index (Phi) is 2.35. The molecule has 0 aliphatic heterocycles. The zero-order chi connectivity index (χ0) is 9.97. The zero-order valence-corrected chi connectivity index (χ0v) is 8.57. The molecule has 0 aliphatic carbocycles. The van der Waals surface area contributed by atoms with Crippen molar-refractivity contribution in [2.75, 3.05) is 0 Å². The van der Waals surface area contributed by atoms with Crippen LogP contribution in [0, 0.1) is 13.8 Å².